The summed E-state index contributed by atoms with van der Waals surface area (Å²) >= 11 is 0. The molecule has 3 nitrogen and oxygen atoms in total. The second-order valence-electron chi connectivity index (χ2n) is 5.08. The summed E-state index contributed by atoms with van der Waals surface area (Å²) in [4.78, 5) is 14.2. The Morgan fingerprint density at radius 2 is 2.00 bits per heavy atom. The fraction of sp³-hybridized carbons (Fsp3) is 0.500. The molecule has 100 valence electrons. The molecule has 0 amide bonds. The molecule has 0 aliphatic carbocycles. The summed E-state index contributed by atoms with van der Waals surface area (Å²) in [6.07, 6.45) is 1.07. The zero-order valence-electron chi connectivity index (χ0n) is 10.7. The minimum atomic E-state index is 0. The van der Waals surface area contributed by atoms with E-state index in [9.17, 15) is 4.79 Å². The normalized spacial score (nSPS) is 24.3. The highest BCUT2D eigenvalue weighted by Crippen LogP contribution is 2.15. The first-order valence-corrected chi connectivity index (χ1v) is 6.21. The Bertz CT molecular complexity index is 373. The highest BCUT2D eigenvalue weighted by molar-refractivity contribution is 5.97. The average Bonchev–Trinajstić information content (AvgIpc) is 2.28. The van der Waals surface area contributed by atoms with Crippen molar-refractivity contribution in [1.82, 2.24) is 4.90 Å². The Morgan fingerprint density at radius 3 is 2.61 bits per heavy atom. The number of hydrogen-bond donors (Lipinski definition) is 1. The highest BCUT2D eigenvalue weighted by atomic mass is 35.5. The lowest BCUT2D eigenvalue weighted by Gasteiger charge is -2.34. The van der Waals surface area contributed by atoms with Crippen molar-refractivity contribution in [1.29, 1.82) is 0 Å². The van der Waals surface area contributed by atoms with E-state index in [1.54, 1.807) is 0 Å². The van der Waals surface area contributed by atoms with E-state index >= 15 is 0 Å². The molecule has 0 bridgehead atoms. The Balaban J connectivity index is 0.00000162. The third kappa shape index (κ3) is 4.09. The minimum absolute atomic E-state index is 0. The number of hydrogen-bond acceptors (Lipinski definition) is 3. The van der Waals surface area contributed by atoms with E-state index in [2.05, 4.69) is 11.8 Å². The van der Waals surface area contributed by atoms with Gasteiger partial charge in [-0.15, -0.1) is 12.4 Å². The van der Waals surface area contributed by atoms with E-state index in [-0.39, 0.29) is 24.2 Å². The number of nitrogens with zero attached hydrogens (tertiary/aromatic N) is 1. The van der Waals surface area contributed by atoms with Crippen LogP contribution in [0.15, 0.2) is 30.3 Å². The van der Waals surface area contributed by atoms with Crippen molar-refractivity contribution in [2.75, 3.05) is 19.6 Å². The topological polar surface area (TPSA) is 46.3 Å². The predicted molar refractivity (Wildman–Crippen MR) is 76.2 cm³/mol. The van der Waals surface area contributed by atoms with Crippen molar-refractivity contribution in [3.63, 3.8) is 0 Å². The second kappa shape index (κ2) is 6.88. The monoisotopic (exact) mass is 268 g/mol. The Labute approximate surface area is 115 Å². The molecule has 1 aliphatic rings. The second-order valence-corrected chi connectivity index (χ2v) is 5.08. The fourth-order valence-corrected chi connectivity index (χ4v) is 2.56. The summed E-state index contributed by atoms with van der Waals surface area (Å²) in [7, 11) is 0. The van der Waals surface area contributed by atoms with Crippen LogP contribution >= 0.6 is 12.4 Å². The maximum atomic E-state index is 12.0. The number of piperidine rings is 1. The Hall–Kier alpha value is -0.900. The molecule has 1 aromatic rings. The summed E-state index contributed by atoms with van der Waals surface area (Å²) in [5.74, 6) is 0.772. The standard InChI is InChI=1S/C14H20N2O.ClH/c1-11-7-13(15)9-16(8-11)10-14(17)12-5-3-2-4-6-12;/h2-6,11,13H,7-10,15H2,1H3;1H/t11-,13-;/m0./s1. The quantitative estimate of drug-likeness (QED) is 0.853. The van der Waals surface area contributed by atoms with Gasteiger partial charge >= 0.3 is 0 Å². The first kappa shape index (κ1) is 15.2. The minimum Gasteiger partial charge on any atom is -0.327 e. The van der Waals surface area contributed by atoms with Gasteiger partial charge in [-0.2, -0.15) is 0 Å². The molecule has 2 N–H and O–H groups in total. The van der Waals surface area contributed by atoms with Crippen LogP contribution in [0.2, 0.25) is 0 Å². The van der Waals surface area contributed by atoms with Crippen molar-refractivity contribution >= 4 is 18.2 Å². The van der Waals surface area contributed by atoms with Crippen LogP contribution < -0.4 is 5.73 Å². The summed E-state index contributed by atoms with van der Waals surface area (Å²) in [6.45, 7) is 4.50. The van der Waals surface area contributed by atoms with Crippen LogP contribution in [0.25, 0.3) is 0 Å². The molecule has 0 aromatic heterocycles. The lowest BCUT2D eigenvalue weighted by Crippen LogP contribution is -2.47. The number of carbonyl (C=O) groups is 1. The summed E-state index contributed by atoms with van der Waals surface area (Å²) in [5, 5.41) is 0. The van der Waals surface area contributed by atoms with Crippen LogP contribution in [0.4, 0.5) is 0 Å². The molecule has 18 heavy (non-hydrogen) atoms. The van der Waals surface area contributed by atoms with Gasteiger partial charge in [-0.05, 0) is 12.3 Å². The Morgan fingerprint density at radius 1 is 1.33 bits per heavy atom. The van der Waals surface area contributed by atoms with Gasteiger partial charge in [-0.1, -0.05) is 37.3 Å². The molecular weight excluding hydrogens is 248 g/mol. The smallest absolute Gasteiger partial charge is 0.176 e. The van der Waals surface area contributed by atoms with Gasteiger partial charge in [0.1, 0.15) is 0 Å². The van der Waals surface area contributed by atoms with Gasteiger partial charge < -0.3 is 5.73 Å². The lowest BCUT2D eigenvalue weighted by atomic mass is 9.96. The van der Waals surface area contributed by atoms with E-state index in [0.717, 1.165) is 25.1 Å². The van der Waals surface area contributed by atoms with E-state index in [4.69, 9.17) is 5.73 Å². The van der Waals surface area contributed by atoms with Crippen molar-refractivity contribution in [2.45, 2.75) is 19.4 Å². The molecule has 1 aromatic carbocycles. The molecule has 1 fully saturated rings. The van der Waals surface area contributed by atoms with E-state index in [0.29, 0.717) is 12.5 Å². The van der Waals surface area contributed by atoms with Crippen LogP contribution in [0, 0.1) is 5.92 Å². The van der Waals surface area contributed by atoms with Crippen LogP contribution in [0.1, 0.15) is 23.7 Å². The van der Waals surface area contributed by atoms with Crippen molar-refractivity contribution < 1.29 is 4.79 Å². The maximum absolute atomic E-state index is 12.0. The predicted octanol–water partition coefficient (Wildman–Crippen LogP) is 1.96. The summed E-state index contributed by atoms with van der Waals surface area (Å²) in [5.41, 5.74) is 6.77. The molecule has 0 spiro atoms. The molecule has 1 saturated heterocycles. The van der Waals surface area contributed by atoms with Crippen molar-refractivity contribution in [3.05, 3.63) is 35.9 Å². The maximum Gasteiger partial charge on any atom is 0.176 e. The third-order valence-electron chi connectivity index (χ3n) is 3.23. The number of ketones is 1. The number of carbonyl (C=O) groups excluding carboxylic acids is 1. The van der Waals surface area contributed by atoms with Gasteiger partial charge in [-0.3, -0.25) is 9.69 Å². The molecule has 4 heteroatoms. The van der Waals surface area contributed by atoms with Gasteiger partial charge in [0.15, 0.2) is 5.78 Å². The van der Waals surface area contributed by atoms with E-state index < -0.39 is 0 Å². The highest BCUT2D eigenvalue weighted by Gasteiger charge is 2.23. The zero-order valence-corrected chi connectivity index (χ0v) is 11.5. The van der Waals surface area contributed by atoms with Gasteiger partial charge in [0.05, 0.1) is 6.54 Å². The van der Waals surface area contributed by atoms with E-state index in [1.807, 2.05) is 30.3 Å². The van der Waals surface area contributed by atoms with E-state index in [1.165, 1.54) is 0 Å². The van der Waals surface area contributed by atoms with Crippen LogP contribution in [-0.2, 0) is 0 Å². The summed E-state index contributed by atoms with van der Waals surface area (Å²) in [6, 6.07) is 9.68. The largest absolute Gasteiger partial charge is 0.327 e. The molecule has 1 heterocycles. The Kier molecular flexibility index (Phi) is 5.79. The third-order valence-corrected chi connectivity index (χ3v) is 3.23. The van der Waals surface area contributed by atoms with Gasteiger partial charge in [0, 0.05) is 24.7 Å². The number of likely N-dealkylation sites (tertiary alicyclic amines) is 1. The van der Waals surface area contributed by atoms with Crippen LogP contribution in [0.3, 0.4) is 0 Å². The lowest BCUT2D eigenvalue weighted by molar-refractivity contribution is 0.0879. The molecule has 0 unspecified atom stereocenters. The molecule has 0 saturated carbocycles. The fourth-order valence-electron chi connectivity index (χ4n) is 2.56. The molecular formula is C14H21ClN2O. The number of halogens is 1. The number of nitrogens with two attached hydrogens (primary N) is 1. The van der Waals surface area contributed by atoms with Crippen molar-refractivity contribution in [2.24, 2.45) is 11.7 Å². The number of benzene rings is 1. The summed E-state index contributed by atoms with van der Waals surface area (Å²) < 4.78 is 0. The first-order valence-electron chi connectivity index (χ1n) is 6.21. The van der Waals surface area contributed by atoms with Crippen molar-refractivity contribution in [3.8, 4) is 0 Å². The van der Waals surface area contributed by atoms with Crippen LogP contribution in [-0.4, -0.2) is 36.4 Å². The zero-order chi connectivity index (χ0) is 12.3. The molecule has 2 rings (SSSR count). The molecule has 1 aliphatic heterocycles. The molecule has 0 radical (unpaired) electrons. The van der Waals surface area contributed by atoms with Crippen LogP contribution in [0.5, 0.6) is 0 Å². The first-order chi connectivity index (χ1) is 8.15. The van der Waals surface area contributed by atoms with Gasteiger partial charge in [-0.25, -0.2) is 0 Å². The SMILES string of the molecule is C[C@H]1C[C@H](N)CN(CC(=O)c2ccccc2)C1.Cl. The molecule has 2 atom stereocenters. The van der Waals surface area contributed by atoms with Gasteiger partial charge in [0.25, 0.3) is 0 Å². The average molecular weight is 269 g/mol. The van der Waals surface area contributed by atoms with Gasteiger partial charge in [0.2, 0.25) is 0 Å². The number of rotatable bonds is 3. The number of Topliss-reactive ketones (excluding diaryl/α,β-unsaturated/α-hetero) is 1.